The zero-order valence-electron chi connectivity index (χ0n) is 15.2. The molecule has 0 bridgehead atoms. The summed E-state index contributed by atoms with van der Waals surface area (Å²) in [6.45, 7) is 4.20. The van der Waals surface area contributed by atoms with E-state index in [1.54, 1.807) is 22.5 Å². The molecular weight excluding hydrogens is 368 g/mol. The van der Waals surface area contributed by atoms with Gasteiger partial charge in [-0.05, 0) is 25.8 Å². The Morgan fingerprint density at radius 1 is 1.48 bits per heavy atom. The van der Waals surface area contributed by atoms with Crippen molar-refractivity contribution in [3.05, 3.63) is 44.8 Å². The smallest absolute Gasteiger partial charge is 0.273 e. The molecule has 0 radical (unpaired) electrons. The van der Waals surface area contributed by atoms with Crippen LogP contribution in [0.3, 0.4) is 0 Å². The average Bonchev–Trinajstić information content (AvgIpc) is 3.19. The number of amides is 1. The van der Waals surface area contributed by atoms with Crippen molar-refractivity contribution in [1.82, 2.24) is 19.7 Å². The van der Waals surface area contributed by atoms with Gasteiger partial charge in [0.1, 0.15) is 11.3 Å². The first kappa shape index (κ1) is 18.3. The van der Waals surface area contributed by atoms with Crippen molar-refractivity contribution in [3.8, 4) is 0 Å². The summed E-state index contributed by atoms with van der Waals surface area (Å²) in [7, 11) is 0. The third kappa shape index (κ3) is 3.95. The van der Waals surface area contributed by atoms with E-state index in [1.165, 1.54) is 22.1 Å². The van der Waals surface area contributed by atoms with Crippen molar-refractivity contribution >= 4 is 17.2 Å². The van der Waals surface area contributed by atoms with Crippen LogP contribution in [-0.4, -0.2) is 63.6 Å². The molecule has 2 aliphatic heterocycles. The standard InChI is InChI=1S/C18H22N4O4S/c1-13-20-15(10-27-13)17(24)21-7-8-25-12-18(11-21)5-4-14(26-18)9-22-16(23)3-2-6-19-22/h2-3,6,10,14H,4-5,7-9,11-12H2,1H3/t14?,18-/m0/s1. The summed E-state index contributed by atoms with van der Waals surface area (Å²) in [6, 6.07) is 3.11. The highest BCUT2D eigenvalue weighted by atomic mass is 32.1. The average molecular weight is 390 g/mol. The van der Waals surface area contributed by atoms with Crippen LogP contribution in [-0.2, 0) is 16.0 Å². The van der Waals surface area contributed by atoms with E-state index in [2.05, 4.69) is 10.1 Å². The zero-order chi connectivity index (χ0) is 18.9. The maximum absolute atomic E-state index is 12.8. The molecule has 4 heterocycles. The summed E-state index contributed by atoms with van der Waals surface area (Å²) in [6.07, 6.45) is 3.04. The number of carbonyl (C=O) groups excluding carboxylic acids is 1. The zero-order valence-corrected chi connectivity index (χ0v) is 16.0. The molecule has 2 saturated heterocycles. The second-order valence-corrected chi connectivity index (χ2v) is 8.10. The maximum atomic E-state index is 12.8. The Bertz CT molecular complexity index is 882. The molecule has 4 rings (SSSR count). The Balaban J connectivity index is 1.46. The van der Waals surface area contributed by atoms with Crippen molar-refractivity contribution in [3.63, 3.8) is 0 Å². The Labute approximate surface area is 160 Å². The van der Waals surface area contributed by atoms with E-state index in [4.69, 9.17) is 9.47 Å². The van der Waals surface area contributed by atoms with E-state index in [1.807, 2.05) is 6.92 Å². The van der Waals surface area contributed by atoms with E-state index >= 15 is 0 Å². The normalized spacial score (nSPS) is 25.7. The number of ether oxygens (including phenoxy) is 2. The molecule has 2 aromatic heterocycles. The Morgan fingerprint density at radius 2 is 2.37 bits per heavy atom. The molecule has 1 unspecified atom stereocenters. The minimum Gasteiger partial charge on any atom is -0.377 e. The lowest BCUT2D eigenvalue weighted by atomic mass is 10.00. The summed E-state index contributed by atoms with van der Waals surface area (Å²) in [5.74, 6) is -0.0859. The fourth-order valence-electron chi connectivity index (χ4n) is 3.67. The summed E-state index contributed by atoms with van der Waals surface area (Å²) in [4.78, 5) is 30.8. The number of nitrogens with zero attached hydrogens (tertiary/aromatic N) is 4. The second-order valence-electron chi connectivity index (χ2n) is 7.04. The first-order valence-corrected chi connectivity index (χ1v) is 9.92. The van der Waals surface area contributed by atoms with Gasteiger partial charge in [-0.2, -0.15) is 5.10 Å². The van der Waals surface area contributed by atoms with Crippen molar-refractivity contribution < 1.29 is 14.3 Å². The van der Waals surface area contributed by atoms with Crippen molar-refractivity contribution in [2.75, 3.05) is 26.3 Å². The van der Waals surface area contributed by atoms with Gasteiger partial charge in [-0.1, -0.05) is 0 Å². The molecule has 0 N–H and O–H groups in total. The maximum Gasteiger partial charge on any atom is 0.273 e. The monoisotopic (exact) mass is 390 g/mol. The van der Waals surface area contributed by atoms with Gasteiger partial charge in [0.2, 0.25) is 0 Å². The molecule has 2 fully saturated rings. The predicted molar refractivity (Wildman–Crippen MR) is 98.9 cm³/mol. The van der Waals surface area contributed by atoms with Crippen LogP contribution in [0.4, 0.5) is 0 Å². The van der Waals surface area contributed by atoms with Crippen LogP contribution in [0.2, 0.25) is 0 Å². The number of hydrogen-bond acceptors (Lipinski definition) is 7. The fraction of sp³-hybridized carbons (Fsp3) is 0.556. The minimum atomic E-state index is -0.541. The number of aryl methyl sites for hydroxylation is 1. The van der Waals surface area contributed by atoms with Crippen molar-refractivity contribution in [2.24, 2.45) is 0 Å². The van der Waals surface area contributed by atoms with Crippen LogP contribution in [0.5, 0.6) is 0 Å². The van der Waals surface area contributed by atoms with Gasteiger partial charge in [-0.25, -0.2) is 9.67 Å². The van der Waals surface area contributed by atoms with Gasteiger partial charge in [0.25, 0.3) is 11.5 Å². The molecule has 144 valence electrons. The minimum absolute atomic E-state index is 0.0859. The van der Waals surface area contributed by atoms with Crippen LogP contribution >= 0.6 is 11.3 Å². The molecule has 2 aliphatic rings. The number of thiazole rings is 1. The van der Waals surface area contributed by atoms with Gasteiger partial charge in [0.05, 0.1) is 37.4 Å². The summed E-state index contributed by atoms with van der Waals surface area (Å²) in [5, 5.41) is 6.77. The number of rotatable bonds is 3. The quantitative estimate of drug-likeness (QED) is 0.780. The van der Waals surface area contributed by atoms with Gasteiger partial charge in [0.15, 0.2) is 0 Å². The number of aromatic nitrogens is 3. The largest absolute Gasteiger partial charge is 0.377 e. The molecule has 0 aliphatic carbocycles. The summed E-state index contributed by atoms with van der Waals surface area (Å²) >= 11 is 1.47. The van der Waals surface area contributed by atoms with Crippen LogP contribution in [0.25, 0.3) is 0 Å². The highest BCUT2D eigenvalue weighted by molar-refractivity contribution is 7.09. The van der Waals surface area contributed by atoms with E-state index in [9.17, 15) is 9.59 Å². The molecule has 0 saturated carbocycles. The molecule has 27 heavy (non-hydrogen) atoms. The van der Waals surface area contributed by atoms with Crippen molar-refractivity contribution in [1.29, 1.82) is 0 Å². The molecule has 0 aromatic carbocycles. The van der Waals surface area contributed by atoms with Crippen LogP contribution in [0.15, 0.2) is 28.5 Å². The predicted octanol–water partition coefficient (Wildman–Crippen LogP) is 1.10. The van der Waals surface area contributed by atoms with Crippen LogP contribution in [0.1, 0.15) is 28.3 Å². The molecule has 2 aromatic rings. The number of carbonyl (C=O) groups is 1. The molecule has 2 atom stereocenters. The third-order valence-electron chi connectivity index (χ3n) is 4.98. The molecular formula is C18H22N4O4S. The van der Waals surface area contributed by atoms with Gasteiger partial charge >= 0.3 is 0 Å². The Hall–Kier alpha value is -2.10. The van der Waals surface area contributed by atoms with Crippen molar-refractivity contribution in [2.45, 2.75) is 38.0 Å². The van der Waals surface area contributed by atoms with Crippen LogP contribution < -0.4 is 5.56 Å². The van der Waals surface area contributed by atoms with Crippen LogP contribution in [0, 0.1) is 6.92 Å². The first-order valence-electron chi connectivity index (χ1n) is 9.04. The van der Waals surface area contributed by atoms with E-state index in [0.717, 1.165) is 17.8 Å². The number of hydrogen-bond donors (Lipinski definition) is 0. The van der Waals surface area contributed by atoms with E-state index < -0.39 is 5.60 Å². The molecule has 9 heteroatoms. The first-order chi connectivity index (χ1) is 13.0. The van der Waals surface area contributed by atoms with Gasteiger partial charge in [-0.15, -0.1) is 11.3 Å². The molecule has 1 amide bonds. The highest BCUT2D eigenvalue weighted by Gasteiger charge is 2.44. The van der Waals surface area contributed by atoms with Gasteiger partial charge in [0, 0.05) is 24.2 Å². The van der Waals surface area contributed by atoms with E-state index in [0.29, 0.717) is 38.5 Å². The van der Waals surface area contributed by atoms with E-state index in [-0.39, 0.29) is 17.6 Å². The lowest BCUT2D eigenvalue weighted by Gasteiger charge is -2.31. The van der Waals surface area contributed by atoms with Gasteiger partial charge in [-0.3, -0.25) is 9.59 Å². The SMILES string of the molecule is Cc1nc(C(=O)N2CCOC[C@]3(CCC(Cn4ncccc4=O)O3)C2)cs1. The Kier molecular flexibility index (Phi) is 5.07. The molecule has 1 spiro atoms. The lowest BCUT2D eigenvalue weighted by Crippen LogP contribution is -2.47. The lowest BCUT2D eigenvalue weighted by molar-refractivity contribution is -0.0883. The van der Waals surface area contributed by atoms with Gasteiger partial charge < -0.3 is 14.4 Å². The fourth-order valence-corrected chi connectivity index (χ4v) is 4.25. The molecule has 8 nitrogen and oxygen atoms in total. The second kappa shape index (κ2) is 7.49. The third-order valence-corrected chi connectivity index (χ3v) is 5.75. The summed E-state index contributed by atoms with van der Waals surface area (Å²) in [5.41, 5.74) is -0.209. The Morgan fingerprint density at radius 3 is 3.15 bits per heavy atom. The topological polar surface area (TPSA) is 86.6 Å². The highest BCUT2D eigenvalue weighted by Crippen LogP contribution is 2.34. The summed E-state index contributed by atoms with van der Waals surface area (Å²) < 4.78 is 13.5.